The number of esters is 1. The Kier molecular flexibility index (Phi) is 6.73. The van der Waals surface area contributed by atoms with E-state index in [1.807, 2.05) is 36.7 Å². The zero-order chi connectivity index (χ0) is 23.4. The molecule has 33 heavy (non-hydrogen) atoms. The van der Waals surface area contributed by atoms with Crippen LogP contribution in [-0.2, 0) is 33.8 Å². The summed E-state index contributed by atoms with van der Waals surface area (Å²) < 4.78 is 7.15. The number of carbonyl (C=O) groups is 2. The average molecular weight is 444 g/mol. The van der Waals surface area contributed by atoms with Crippen molar-refractivity contribution in [2.75, 3.05) is 13.2 Å². The van der Waals surface area contributed by atoms with E-state index < -0.39 is 5.97 Å². The van der Waals surface area contributed by atoms with Crippen LogP contribution in [0.25, 0.3) is 6.08 Å². The first-order valence-corrected chi connectivity index (χ1v) is 11.2. The molecule has 1 amide bonds. The van der Waals surface area contributed by atoms with E-state index in [2.05, 4.69) is 42.4 Å². The van der Waals surface area contributed by atoms with Crippen LogP contribution in [0.1, 0.15) is 39.2 Å². The number of nitrogens with zero attached hydrogens (tertiary/aromatic N) is 3. The number of aryl methyl sites for hydroxylation is 2. The molecule has 0 radical (unpaired) electrons. The molecule has 0 fully saturated rings. The van der Waals surface area contributed by atoms with Gasteiger partial charge in [-0.2, -0.15) is 5.10 Å². The van der Waals surface area contributed by atoms with Gasteiger partial charge in [-0.1, -0.05) is 54.1 Å². The van der Waals surface area contributed by atoms with Crippen LogP contribution in [0, 0.1) is 20.8 Å². The van der Waals surface area contributed by atoms with Crippen molar-refractivity contribution in [3.05, 3.63) is 93.8 Å². The predicted octanol–water partition coefficient (Wildman–Crippen LogP) is 4.00. The first-order valence-electron chi connectivity index (χ1n) is 11.2. The molecule has 4 rings (SSSR count). The van der Waals surface area contributed by atoms with Gasteiger partial charge in [0.15, 0.2) is 6.61 Å². The normalized spacial score (nSPS) is 13.2. The summed E-state index contributed by atoms with van der Waals surface area (Å²) in [5.41, 5.74) is 7.51. The number of rotatable bonds is 6. The lowest BCUT2D eigenvalue weighted by Gasteiger charge is -2.28. The van der Waals surface area contributed by atoms with E-state index >= 15 is 0 Å². The fourth-order valence-electron chi connectivity index (χ4n) is 4.10. The fraction of sp³-hybridized carbons (Fsp3) is 0.296. The van der Waals surface area contributed by atoms with Gasteiger partial charge in [-0.05, 0) is 50.0 Å². The van der Waals surface area contributed by atoms with Gasteiger partial charge >= 0.3 is 5.97 Å². The van der Waals surface area contributed by atoms with Crippen LogP contribution in [0.5, 0.6) is 0 Å². The van der Waals surface area contributed by atoms with Gasteiger partial charge in [0.1, 0.15) is 0 Å². The number of fused-ring (bicyclic) bond motifs is 1. The molecular formula is C27H29N3O3. The molecule has 0 saturated carbocycles. The maximum atomic E-state index is 12.5. The highest BCUT2D eigenvalue weighted by Crippen LogP contribution is 2.19. The zero-order valence-corrected chi connectivity index (χ0v) is 19.4. The summed E-state index contributed by atoms with van der Waals surface area (Å²) in [5.74, 6) is -0.713. The monoisotopic (exact) mass is 443 g/mol. The Labute approximate surface area is 194 Å². The van der Waals surface area contributed by atoms with Crippen LogP contribution in [0.15, 0.2) is 54.6 Å². The van der Waals surface area contributed by atoms with Crippen LogP contribution in [-0.4, -0.2) is 39.7 Å². The lowest BCUT2D eigenvalue weighted by Crippen LogP contribution is -2.38. The minimum Gasteiger partial charge on any atom is -0.452 e. The molecule has 0 spiro atoms. The third-order valence-corrected chi connectivity index (χ3v) is 6.10. The lowest BCUT2D eigenvalue weighted by atomic mass is 10.00. The van der Waals surface area contributed by atoms with E-state index in [0.29, 0.717) is 19.6 Å². The molecular weight excluding hydrogens is 414 g/mol. The average Bonchev–Trinajstić information content (AvgIpc) is 3.09. The smallest absolute Gasteiger partial charge is 0.331 e. The molecule has 6 nitrogen and oxygen atoms in total. The van der Waals surface area contributed by atoms with Crippen molar-refractivity contribution in [1.82, 2.24) is 14.7 Å². The Morgan fingerprint density at radius 3 is 2.52 bits per heavy atom. The molecule has 6 heteroatoms. The predicted molar refractivity (Wildman–Crippen MR) is 128 cm³/mol. The van der Waals surface area contributed by atoms with E-state index in [9.17, 15) is 9.59 Å². The van der Waals surface area contributed by atoms with Crippen molar-refractivity contribution in [1.29, 1.82) is 0 Å². The van der Waals surface area contributed by atoms with Gasteiger partial charge in [-0.3, -0.25) is 9.48 Å². The fourth-order valence-corrected chi connectivity index (χ4v) is 4.10. The van der Waals surface area contributed by atoms with E-state index in [1.165, 1.54) is 22.8 Å². The molecule has 0 unspecified atom stereocenters. The molecule has 1 aliphatic rings. The van der Waals surface area contributed by atoms with Crippen molar-refractivity contribution < 1.29 is 14.3 Å². The Morgan fingerprint density at radius 2 is 1.76 bits per heavy atom. The Hall–Kier alpha value is -3.67. The zero-order valence-electron chi connectivity index (χ0n) is 19.4. The molecule has 3 aromatic rings. The first kappa shape index (κ1) is 22.5. The second-order valence-electron chi connectivity index (χ2n) is 8.50. The Balaban J connectivity index is 1.33. The quantitative estimate of drug-likeness (QED) is 0.427. The molecule has 2 aromatic carbocycles. The van der Waals surface area contributed by atoms with Gasteiger partial charge in [-0.15, -0.1) is 0 Å². The molecule has 1 aromatic heterocycles. The first-order chi connectivity index (χ1) is 15.9. The minimum atomic E-state index is -0.536. The van der Waals surface area contributed by atoms with Crippen molar-refractivity contribution in [3.63, 3.8) is 0 Å². The Morgan fingerprint density at radius 1 is 1.03 bits per heavy atom. The number of amides is 1. The molecule has 170 valence electrons. The number of hydrogen-bond acceptors (Lipinski definition) is 4. The SMILES string of the molecule is Cc1ccc(Cn2nc(C)c(/C=C/C(=O)OCC(=O)N3CCc4ccccc4C3)c2C)cc1. The molecule has 0 bridgehead atoms. The van der Waals surface area contributed by atoms with Gasteiger partial charge in [0.2, 0.25) is 0 Å². The van der Waals surface area contributed by atoms with Crippen LogP contribution >= 0.6 is 0 Å². The molecule has 0 aliphatic carbocycles. The molecule has 0 atom stereocenters. The van der Waals surface area contributed by atoms with E-state index in [0.717, 1.165) is 28.9 Å². The molecule has 1 aliphatic heterocycles. The van der Waals surface area contributed by atoms with Crippen LogP contribution in [0.3, 0.4) is 0 Å². The number of hydrogen-bond donors (Lipinski definition) is 0. The van der Waals surface area contributed by atoms with Crippen LogP contribution in [0.2, 0.25) is 0 Å². The molecule has 2 heterocycles. The molecule has 0 saturated heterocycles. The van der Waals surface area contributed by atoms with Gasteiger partial charge < -0.3 is 9.64 Å². The number of aromatic nitrogens is 2. The summed E-state index contributed by atoms with van der Waals surface area (Å²) in [7, 11) is 0. The third kappa shape index (κ3) is 5.40. The number of benzene rings is 2. The number of ether oxygens (including phenoxy) is 1. The highest BCUT2D eigenvalue weighted by atomic mass is 16.5. The highest BCUT2D eigenvalue weighted by molar-refractivity contribution is 5.89. The maximum absolute atomic E-state index is 12.5. The van der Waals surface area contributed by atoms with E-state index in [-0.39, 0.29) is 12.5 Å². The van der Waals surface area contributed by atoms with Crippen molar-refractivity contribution >= 4 is 18.0 Å². The Bertz CT molecular complexity index is 1190. The third-order valence-electron chi connectivity index (χ3n) is 6.10. The lowest BCUT2D eigenvalue weighted by molar-refractivity contribution is -0.148. The minimum absolute atomic E-state index is 0.176. The second-order valence-corrected chi connectivity index (χ2v) is 8.50. The summed E-state index contributed by atoms with van der Waals surface area (Å²) in [4.78, 5) is 26.5. The summed E-state index contributed by atoms with van der Waals surface area (Å²) in [6, 6.07) is 16.5. The summed E-state index contributed by atoms with van der Waals surface area (Å²) in [6.45, 7) is 7.57. The van der Waals surface area contributed by atoms with Gasteiger partial charge in [0.05, 0.1) is 12.2 Å². The number of carbonyl (C=O) groups excluding carboxylic acids is 2. The topological polar surface area (TPSA) is 64.4 Å². The van der Waals surface area contributed by atoms with Gasteiger partial charge in [0.25, 0.3) is 5.91 Å². The van der Waals surface area contributed by atoms with Crippen LogP contribution < -0.4 is 0 Å². The van der Waals surface area contributed by atoms with Crippen molar-refractivity contribution in [3.8, 4) is 0 Å². The highest BCUT2D eigenvalue weighted by Gasteiger charge is 2.21. The van der Waals surface area contributed by atoms with Gasteiger partial charge in [0, 0.05) is 30.4 Å². The van der Waals surface area contributed by atoms with E-state index in [4.69, 9.17) is 4.74 Å². The van der Waals surface area contributed by atoms with Gasteiger partial charge in [-0.25, -0.2) is 4.79 Å². The molecule has 0 N–H and O–H groups in total. The second kappa shape index (κ2) is 9.86. The van der Waals surface area contributed by atoms with E-state index in [1.54, 1.807) is 11.0 Å². The standard InChI is InChI=1S/C27H29N3O3/c1-19-8-10-22(11-9-19)16-30-21(3)25(20(2)28-30)12-13-27(32)33-18-26(31)29-15-14-23-6-4-5-7-24(23)17-29/h4-13H,14-18H2,1-3H3/b13-12+. The summed E-state index contributed by atoms with van der Waals surface area (Å²) in [5, 5.41) is 4.61. The maximum Gasteiger partial charge on any atom is 0.331 e. The largest absolute Gasteiger partial charge is 0.452 e. The van der Waals surface area contributed by atoms with Crippen molar-refractivity contribution in [2.24, 2.45) is 0 Å². The summed E-state index contributed by atoms with van der Waals surface area (Å²) >= 11 is 0. The van der Waals surface area contributed by atoms with Crippen LogP contribution in [0.4, 0.5) is 0 Å². The summed E-state index contributed by atoms with van der Waals surface area (Å²) in [6.07, 6.45) is 3.90. The van der Waals surface area contributed by atoms with Crippen molar-refractivity contribution in [2.45, 2.75) is 40.3 Å².